The van der Waals surface area contributed by atoms with E-state index in [4.69, 9.17) is 5.73 Å². The summed E-state index contributed by atoms with van der Waals surface area (Å²) in [6.45, 7) is 3.96. The van der Waals surface area contributed by atoms with E-state index >= 15 is 0 Å². The molecule has 0 amide bonds. The summed E-state index contributed by atoms with van der Waals surface area (Å²) < 4.78 is 0. The molecule has 94 valence electrons. The fraction of sp³-hybridized carbons (Fsp3) is 0.308. The van der Waals surface area contributed by atoms with E-state index in [-0.39, 0.29) is 6.04 Å². The molecule has 0 aliphatic heterocycles. The Kier molecular flexibility index (Phi) is 4.28. The molecular weight excluding hydrogens is 244 g/mol. The minimum Gasteiger partial charge on any atom is -0.328 e. The van der Waals surface area contributed by atoms with Gasteiger partial charge in [0.2, 0.25) is 0 Å². The molecule has 18 heavy (non-hydrogen) atoms. The van der Waals surface area contributed by atoms with Crippen molar-refractivity contribution in [3.63, 3.8) is 0 Å². The average molecular weight is 260 g/mol. The number of pyridine rings is 1. The van der Waals surface area contributed by atoms with E-state index in [0.717, 1.165) is 22.6 Å². The summed E-state index contributed by atoms with van der Waals surface area (Å²) in [7, 11) is 0. The lowest BCUT2D eigenvalue weighted by atomic mass is 10.1. The molecule has 0 saturated carbocycles. The van der Waals surface area contributed by atoms with Gasteiger partial charge in [-0.15, -0.1) is 0 Å². The molecular formula is C13H16N4S. The fourth-order valence-corrected chi connectivity index (χ4v) is 2.32. The lowest BCUT2D eigenvalue weighted by Crippen LogP contribution is -2.18. The lowest BCUT2D eigenvalue weighted by Gasteiger charge is -2.09. The first-order valence-electron chi connectivity index (χ1n) is 5.81. The Morgan fingerprint density at radius 1 is 1.28 bits per heavy atom. The van der Waals surface area contributed by atoms with Crippen LogP contribution in [0.4, 0.5) is 0 Å². The van der Waals surface area contributed by atoms with E-state index in [1.807, 2.05) is 38.4 Å². The molecule has 0 saturated heterocycles. The molecule has 0 aliphatic rings. The van der Waals surface area contributed by atoms with E-state index < -0.39 is 0 Å². The normalized spacial score (nSPS) is 12.4. The minimum atomic E-state index is 0.118. The van der Waals surface area contributed by atoms with Crippen LogP contribution in [0, 0.1) is 6.92 Å². The highest BCUT2D eigenvalue weighted by atomic mass is 32.2. The molecule has 1 atom stereocenters. The number of hydrogen-bond acceptors (Lipinski definition) is 5. The van der Waals surface area contributed by atoms with Gasteiger partial charge in [-0.05, 0) is 49.2 Å². The molecule has 0 spiro atoms. The summed E-state index contributed by atoms with van der Waals surface area (Å²) in [5, 5.41) is 1.64. The molecule has 2 heterocycles. The molecule has 5 heteroatoms. The quantitative estimate of drug-likeness (QED) is 0.854. The highest BCUT2D eigenvalue weighted by molar-refractivity contribution is 7.99. The van der Waals surface area contributed by atoms with Crippen molar-refractivity contribution in [1.82, 2.24) is 15.0 Å². The Labute approximate surface area is 111 Å². The summed E-state index contributed by atoms with van der Waals surface area (Å²) in [6.07, 6.45) is 6.20. The zero-order valence-electron chi connectivity index (χ0n) is 10.5. The summed E-state index contributed by atoms with van der Waals surface area (Å²) in [4.78, 5) is 12.9. The second-order valence-corrected chi connectivity index (χ2v) is 5.25. The average Bonchev–Trinajstić information content (AvgIpc) is 2.34. The van der Waals surface area contributed by atoms with Crippen LogP contribution in [0.1, 0.15) is 18.1 Å². The van der Waals surface area contributed by atoms with Crippen molar-refractivity contribution in [2.24, 2.45) is 5.73 Å². The van der Waals surface area contributed by atoms with Crippen molar-refractivity contribution in [3.05, 3.63) is 41.9 Å². The fourth-order valence-electron chi connectivity index (χ4n) is 1.54. The van der Waals surface area contributed by atoms with Crippen LogP contribution in [-0.2, 0) is 6.42 Å². The van der Waals surface area contributed by atoms with Crippen molar-refractivity contribution in [2.45, 2.75) is 36.5 Å². The molecule has 0 bridgehead atoms. The Morgan fingerprint density at radius 3 is 2.67 bits per heavy atom. The zero-order chi connectivity index (χ0) is 13.0. The van der Waals surface area contributed by atoms with Crippen LogP contribution in [0.2, 0.25) is 0 Å². The first-order valence-corrected chi connectivity index (χ1v) is 6.63. The van der Waals surface area contributed by atoms with Crippen LogP contribution in [0.5, 0.6) is 0 Å². The maximum atomic E-state index is 5.84. The van der Waals surface area contributed by atoms with Gasteiger partial charge in [0.25, 0.3) is 0 Å². The number of hydrogen-bond donors (Lipinski definition) is 1. The summed E-state index contributed by atoms with van der Waals surface area (Å²) in [6, 6.07) is 4.09. The maximum absolute atomic E-state index is 5.84. The van der Waals surface area contributed by atoms with Crippen LogP contribution in [0.25, 0.3) is 0 Å². The Bertz CT molecular complexity index is 511. The van der Waals surface area contributed by atoms with Gasteiger partial charge in [0.1, 0.15) is 5.03 Å². The van der Waals surface area contributed by atoms with Gasteiger partial charge in [0, 0.05) is 24.6 Å². The molecule has 2 N–H and O–H groups in total. The topological polar surface area (TPSA) is 64.7 Å². The van der Waals surface area contributed by atoms with Gasteiger partial charge < -0.3 is 5.73 Å². The van der Waals surface area contributed by atoms with Crippen molar-refractivity contribution >= 4 is 11.8 Å². The van der Waals surface area contributed by atoms with Crippen LogP contribution in [0.3, 0.4) is 0 Å². The van der Waals surface area contributed by atoms with E-state index in [9.17, 15) is 0 Å². The predicted molar refractivity (Wildman–Crippen MR) is 72.5 cm³/mol. The van der Waals surface area contributed by atoms with Gasteiger partial charge in [-0.2, -0.15) is 0 Å². The van der Waals surface area contributed by atoms with Crippen LogP contribution < -0.4 is 5.73 Å². The highest BCUT2D eigenvalue weighted by Crippen LogP contribution is 2.26. The molecule has 0 fully saturated rings. The molecule has 2 aromatic rings. The smallest absolute Gasteiger partial charge is 0.193 e. The minimum absolute atomic E-state index is 0.118. The van der Waals surface area contributed by atoms with Gasteiger partial charge in [0.05, 0.1) is 0 Å². The van der Waals surface area contributed by atoms with Crippen LogP contribution >= 0.6 is 11.8 Å². The van der Waals surface area contributed by atoms with Crippen molar-refractivity contribution in [3.8, 4) is 0 Å². The summed E-state index contributed by atoms with van der Waals surface area (Å²) in [5.41, 5.74) is 8.03. The van der Waals surface area contributed by atoms with E-state index in [1.165, 1.54) is 11.8 Å². The number of aryl methyl sites for hydroxylation is 1. The molecule has 4 nitrogen and oxygen atoms in total. The number of nitrogens with zero attached hydrogens (tertiary/aromatic N) is 3. The lowest BCUT2D eigenvalue weighted by molar-refractivity contribution is 0.722. The maximum Gasteiger partial charge on any atom is 0.193 e. The van der Waals surface area contributed by atoms with Crippen LogP contribution in [0.15, 0.2) is 40.9 Å². The monoisotopic (exact) mass is 260 g/mol. The van der Waals surface area contributed by atoms with E-state index in [1.54, 1.807) is 6.20 Å². The van der Waals surface area contributed by atoms with Crippen molar-refractivity contribution < 1.29 is 0 Å². The predicted octanol–water partition coefficient (Wildman–Crippen LogP) is 2.22. The van der Waals surface area contributed by atoms with Crippen molar-refractivity contribution in [2.75, 3.05) is 0 Å². The van der Waals surface area contributed by atoms with Gasteiger partial charge in [-0.25, -0.2) is 15.0 Å². The Balaban J connectivity index is 2.20. The zero-order valence-corrected chi connectivity index (χ0v) is 11.3. The molecule has 1 unspecified atom stereocenters. The summed E-state index contributed by atoms with van der Waals surface area (Å²) >= 11 is 1.48. The van der Waals surface area contributed by atoms with E-state index in [2.05, 4.69) is 15.0 Å². The number of rotatable bonds is 4. The van der Waals surface area contributed by atoms with Crippen molar-refractivity contribution in [1.29, 1.82) is 0 Å². The standard InChI is InChI=1S/C13H16N4S/c1-9-7-16-13(17-8-9)18-12-11(6-10(2)14)4-3-5-15-12/h3-5,7-8,10H,6,14H2,1-2H3. The van der Waals surface area contributed by atoms with Gasteiger partial charge in [-0.3, -0.25) is 0 Å². The molecule has 2 rings (SSSR count). The molecule has 0 aromatic carbocycles. The summed E-state index contributed by atoms with van der Waals surface area (Å²) in [5.74, 6) is 0. The van der Waals surface area contributed by atoms with Crippen LogP contribution in [-0.4, -0.2) is 21.0 Å². The third kappa shape index (κ3) is 3.51. The van der Waals surface area contributed by atoms with E-state index in [0.29, 0.717) is 5.16 Å². The first kappa shape index (κ1) is 13.0. The second kappa shape index (κ2) is 5.93. The number of nitrogens with two attached hydrogens (primary N) is 1. The van der Waals surface area contributed by atoms with Gasteiger partial charge >= 0.3 is 0 Å². The number of aromatic nitrogens is 3. The van der Waals surface area contributed by atoms with Gasteiger partial charge in [-0.1, -0.05) is 6.07 Å². The Morgan fingerprint density at radius 2 is 2.00 bits per heavy atom. The Hall–Kier alpha value is -1.46. The SMILES string of the molecule is Cc1cnc(Sc2ncccc2CC(C)N)nc1. The first-order chi connectivity index (χ1) is 8.65. The highest BCUT2D eigenvalue weighted by Gasteiger charge is 2.08. The molecule has 0 radical (unpaired) electrons. The molecule has 0 aliphatic carbocycles. The molecule has 2 aromatic heterocycles. The van der Waals surface area contributed by atoms with Gasteiger partial charge in [0.15, 0.2) is 5.16 Å². The third-order valence-electron chi connectivity index (χ3n) is 2.34. The third-order valence-corrected chi connectivity index (χ3v) is 3.29. The largest absolute Gasteiger partial charge is 0.328 e. The second-order valence-electron chi connectivity index (χ2n) is 4.29.